The predicted molar refractivity (Wildman–Crippen MR) is 59.6 cm³/mol. The summed E-state index contributed by atoms with van der Waals surface area (Å²) in [7, 11) is 1.25. The van der Waals surface area contributed by atoms with Crippen molar-refractivity contribution in [3.63, 3.8) is 0 Å². The Morgan fingerprint density at radius 2 is 2.18 bits per heavy atom. The van der Waals surface area contributed by atoms with Gasteiger partial charge in [-0.2, -0.15) is 0 Å². The number of esters is 1. The van der Waals surface area contributed by atoms with Crippen molar-refractivity contribution in [2.24, 2.45) is 5.92 Å². The molecule has 0 aliphatic heterocycles. The van der Waals surface area contributed by atoms with Gasteiger partial charge in [0.2, 0.25) is 0 Å². The molecule has 17 heavy (non-hydrogen) atoms. The van der Waals surface area contributed by atoms with Gasteiger partial charge in [-0.1, -0.05) is 11.6 Å². The summed E-state index contributed by atoms with van der Waals surface area (Å²) in [4.78, 5) is 23.2. The standard InChI is InChI=1S/C12H10ClFO3/c1-17-12(16)6-4-8-7(10(15)5-6)2-3-9(13)11(8)14/h2-3,6H,4-5H2,1H3. The second-order valence-corrected chi connectivity index (χ2v) is 4.35. The van der Waals surface area contributed by atoms with E-state index in [9.17, 15) is 14.0 Å². The highest BCUT2D eigenvalue weighted by molar-refractivity contribution is 6.31. The van der Waals surface area contributed by atoms with E-state index in [1.807, 2.05) is 0 Å². The Morgan fingerprint density at radius 1 is 1.47 bits per heavy atom. The van der Waals surface area contributed by atoms with E-state index >= 15 is 0 Å². The largest absolute Gasteiger partial charge is 0.469 e. The fourth-order valence-corrected chi connectivity index (χ4v) is 2.22. The predicted octanol–water partition coefficient (Wildman–Crippen LogP) is 2.40. The van der Waals surface area contributed by atoms with Crippen molar-refractivity contribution in [1.29, 1.82) is 0 Å². The molecule has 0 aromatic heterocycles. The highest BCUT2D eigenvalue weighted by Crippen LogP contribution is 2.31. The smallest absolute Gasteiger partial charge is 0.309 e. The van der Waals surface area contributed by atoms with Crippen molar-refractivity contribution < 1.29 is 18.7 Å². The van der Waals surface area contributed by atoms with E-state index in [1.165, 1.54) is 19.2 Å². The zero-order chi connectivity index (χ0) is 12.6. The van der Waals surface area contributed by atoms with Gasteiger partial charge in [0.05, 0.1) is 18.1 Å². The summed E-state index contributed by atoms with van der Waals surface area (Å²) >= 11 is 5.65. The zero-order valence-electron chi connectivity index (χ0n) is 9.13. The molecule has 1 aromatic carbocycles. The third-order valence-corrected chi connectivity index (χ3v) is 3.21. The number of benzene rings is 1. The first-order valence-electron chi connectivity index (χ1n) is 5.12. The molecule has 0 radical (unpaired) electrons. The first kappa shape index (κ1) is 12.0. The van der Waals surface area contributed by atoms with Gasteiger partial charge in [0.25, 0.3) is 0 Å². The minimum Gasteiger partial charge on any atom is -0.469 e. The number of carbonyl (C=O) groups excluding carboxylic acids is 2. The second kappa shape index (κ2) is 4.45. The minimum absolute atomic E-state index is 0.0398. The first-order chi connectivity index (χ1) is 8.04. The molecule has 0 saturated heterocycles. The molecule has 1 aromatic rings. The lowest BCUT2D eigenvalue weighted by molar-refractivity contribution is -0.145. The first-order valence-corrected chi connectivity index (χ1v) is 5.50. The maximum atomic E-state index is 13.8. The van der Waals surface area contributed by atoms with Crippen LogP contribution in [0.4, 0.5) is 4.39 Å². The van der Waals surface area contributed by atoms with Crippen molar-refractivity contribution in [1.82, 2.24) is 0 Å². The fourth-order valence-electron chi connectivity index (χ4n) is 2.04. The summed E-state index contributed by atoms with van der Waals surface area (Å²) in [6, 6.07) is 2.85. The van der Waals surface area contributed by atoms with Crippen LogP contribution in [0.5, 0.6) is 0 Å². The van der Waals surface area contributed by atoms with E-state index in [2.05, 4.69) is 4.74 Å². The van der Waals surface area contributed by atoms with E-state index < -0.39 is 17.7 Å². The van der Waals surface area contributed by atoms with Gasteiger partial charge in [0.1, 0.15) is 5.82 Å². The number of Topliss-reactive ketones (excluding diaryl/α,β-unsaturated/α-hetero) is 1. The van der Waals surface area contributed by atoms with Gasteiger partial charge in [-0.3, -0.25) is 9.59 Å². The van der Waals surface area contributed by atoms with Crippen LogP contribution in [0.1, 0.15) is 22.3 Å². The van der Waals surface area contributed by atoms with Crippen LogP contribution in [0.25, 0.3) is 0 Å². The average molecular weight is 257 g/mol. The Balaban J connectivity index is 2.44. The number of ether oxygens (including phenoxy) is 1. The molecule has 3 nitrogen and oxygen atoms in total. The average Bonchev–Trinajstić information content (AvgIpc) is 2.33. The van der Waals surface area contributed by atoms with Crippen molar-refractivity contribution in [2.75, 3.05) is 7.11 Å². The van der Waals surface area contributed by atoms with Gasteiger partial charge in [0, 0.05) is 17.5 Å². The SMILES string of the molecule is COC(=O)C1CC(=O)c2ccc(Cl)c(F)c2C1. The molecule has 0 amide bonds. The summed E-state index contributed by atoms with van der Waals surface area (Å²) in [5.41, 5.74) is 0.524. The van der Waals surface area contributed by atoms with E-state index in [-0.39, 0.29) is 29.2 Å². The van der Waals surface area contributed by atoms with Crippen molar-refractivity contribution in [3.05, 3.63) is 34.1 Å². The van der Waals surface area contributed by atoms with Crippen LogP contribution in [-0.4, -0.2) is 18.9 Å². The molecule has 5 heteroatoms. The summed E-state index contributed by atoms with van der Waals surface area (Å²) < 4.78 is 18.3. The summed E-state index contributed by atoms with van der Waals surface area (Å²) in [6.07, 6.45) is 0.209. The summed E-state index contributed by atoms with van der Waals surface area (Å²) in [5, 5.41) is -0.0398. The molecule has 1 atom stereocenters. The third kappa shape index (κ3) is 2.05. The Bertz CT molecular complexity index is 499. The zero-order valence-corrected chi connectivity index (χ0v) is 9.88. The number of fused-ring (bicyclic) bond motifs is 1. The van der Waals surface area contributed by atoms with E-state index in [4.69, 9.17) is 11.6 Å². The monoisotopic (exact) mass is 256 g/mol. The van der Waals surface area contributed by atoms with Crippen LogP contribution in [-0.2, 0) is 16.0 Å². The maximum Gasteiger partial charge on any atom is 0.309 e. The van der Waals surface area contributed by atoms with Crippen molar-refractivity contribution in [3.8, 4) is 0 Å². The van der Waals surface area contributed by atoms with Crippen LogP contribution < -0.4 is 0 Å². The van der Waals surface area contributed by atoms with Crippen LogP contribution in [0.3, 0.4) is 0 Å². The van der Waals surface area contributed by atoms with Crippen LogP contribution >= 0.6 is 11.6 Å². The molecule has 0 saturated carbocycles. The Hall–Kier alpha value is -1.42. The molecule has 0 bridgehead atoms. The van der Waals surface area contributed by atoms with Crippen LogP contribution in [0.15, 0.2) is 12.1 Å². The molecule has 1 unspecified atom stereocenters. The summed E-state index contributed by atoms with van der Waals surface area (Å²) in [5.74, 6) is -1.99. The van der Waals surface area contributed by atoms with Crippen LogP contribution in [0, 0.1) is 11.7 Å². The quantitative estimate of drug-likeness (QED) is 0.725. The van der Waals surface area contributed by atoms with E-state index in [0.29, 0.717) is 5.56 Å². The number of halogens is 2. The van der Waals surface area contributed by atoms with Crippen LogP contribution in [0.2, 0.25) is 5.02 Å². The number of ketones is 1. The highest BCUT2D eigenvalue weighted by Gasteiger charge is 2.32. The van der Waals surface area contributed by atoms with Gasteiger partial charge in [0.15, 0.2) is 5.78 Å². The Morgan fingerprint density at radius 3 is 2.82 bits per heavy atom. The molecule has 0 spiro atoms. The van der Waals surface area contributed by atoms with Crippen molar-refractivity contribution in [2.45, 2.75) is 12.8 Å². The van der Waals surface area contributed by atoms with Gasteiger partial charge in [-0.15, -0.1) is 0 Å². The lowest BCUT2D eigenvalue weighted by Gasteiger charge is -2.22. The molecule has 0 N–H and O–H groups in total. The van der Waals surface area contributed by atoms with Gasteiger partial charge in [-0.05, 0) is 18.6 Å². The minimum atomic E-state index is -0.619. The maximum absolute atomic E-state index is 13.8. The highest BCUT2D eigenvalue weighted by atomic mass is 35.5. The molecule has 90 valence electrons. The molecular weight excluding hydrogens is 247 g/mol. The second-order valence-electron chi connectivity index (χ2n) is 3.94. The number of carbonyl (C=O) groups is 2. The lowest BCUT2D eigenvalue weighted by atomic mass is 9.83. The normalized spacial score (nSPS) is 18.8. The number of rotatable bonds is 1. The number of hydrogen-bond donors (Lipinski definition) is 0. The Labute approximate surface area is 103 Å². The van der Waals surface area contributed by atoms with Gasteiger partial charge in [-0.25, -0.2) is 4.39 Å². The molecule has 2 rings (SSSR count). The number of hydrogen-bond acceptors (Lipinski definition) is 3. The summed E-state index contributed by atoms with van der Waals surface area (Å²) in [6.45, 7) is 0. The molecule has 0 heterocycles. The topological polar surface area (TPSA) is 43.4 Å². The molecule has 1 aliphatic carbocycles. The fraction of sp³-hybridized carbons (Fsp3) is 0.333. The van der Waals surface area contributed by atoms with E-state index in [1.54, 1.807) is 0 Å². The van der Waals surface area contributed by atoms with Gasteiger partial charge >= 0.3 is 5.97 Å². The van der Waals surface area contributed by atoms with Crippen molar-refractivity contribution >= 4 is 23.4 Å². The molecule has 0 fully saturated rings. The third-order valence-electron chi connectivity index (χ3n) is 2.91. The molecule has 1 aliphatic rings. The Kier molecular flexibility index (Phi) is 3.15. The number of methoxy groups -OCH3 is 1. The lowest BCUT2D eigenvalue weighted by Crippen LogP contribution is -2.28. The van der Waals surface area contributed by atoms with Gasteiger partial charge < -0.3 is 4.74 Å². The van der Waals surface area contributed by atoms with E-state index in [0.717, 1.165) is 0 Å². The molecular formula is C12H10ClFO3.